The Morgan fingerprint density at radius 3 is 1.85 bits per heavy atom. The topological polar surface area (TPSA) is 88.5 Å². The SMILES string of the molecule is O=C1CCc2ccc(CO)cc2C1.O=C1CCc2ccccc2C1.O=C=O. The lowest BCUT2D eigenvalue weighted by atomic mass is 9.90. The van der Waals surface area contributed by atoms with Crippen molar-refractivity contribution in [1.29, 1.82) is 0 Å². The van der Waals surface area contributed by atoms with Crippen molar-refractivity contribution in [3.63, 3.8) is 0 Å². The number of ketones is 2. The molecule has 5 nitrogen and oxygen atoms in total. The van der Waals surface area contributed by atoms with Gasteiger partial charge < -0.3 is 5.11 Å². The molecule has 27 heavy (non-hydrogen) atoms. The summed E-state index contributed by atoms with van der Waals surface area (Å²) in [5, 5.41) is 8.92. The van der Waals surface area contributed by atoms with Crippen LogP contribution in [0, 0.1) is 0 Å². The molecule has 0 saturated carbocycles. The van der Waals surface area contributed by atoms with E-state index in [1.54, 1.807) is 0 Å². The van der Waals surface area contributed by atoms with Gasteiger partial charge in [-0.25, -0.2) is 0 Å². The van der Waals surface area contributed by atoms with Crippen LogP contribution in [0.4, 0.5) is 0 Å². The van der Waals surface area contributed by atoms with E-state index in [2.05, 4.69) is 6.07 Å². The molecule has 0 heterocycles. The van der Waals surface area contributed by atoms with Crippen molar-refractivity contribution in [1.82, 2.24) is 0 Å². The number of carbonyl (C=O) groups is 2. The zero-order chi connectivity index (χ0) is 19.6. The maximum Gasteiger partial charge on any atom is 0.373 e. The Labute approximate surface area is 158 Å². The number of rotatable bonds is 1. The van der Waals surface area contributed by atoms with E-state index in [1.807, 2.05) is 36.4 Å². The Balaban J connectivity index is 0.000000171. The van der Waals surface area contributed by atoms with Crippen molar-refractivity contribution in [3.05, 3.63) is 70.3 Å². The quantitative estimate of drug-likeness (QED) is 0.837. The van der Waals surface area contributed by atoms with Gasteiger partial charge in [-0.3, -0.25) is 9.59 Å². The van der Waals surface area contributed by atoms with Crippen molar-refractivity contribution >= 4 is 17.7 Å². The molecule has 0 amide bonds. The van der Waals surface area contributed by atoms with Crippen molar-refractivity contribution < 1.29 is 24.3 Å². The summed E-state index contributed by atoms with van der Waals surface area (Å²) in [6, 6.07) is 14.1. The molecular weight excluding hydrogens is 344 g/mol. The fourth-order valence-electron chi connectivity index (χ4n) is 3.31. The summed E-state index contributed by atoms with van der Waals surface area (Å²) in [5.74, 6) is 0.686. The van der Waals surface area contributed by atoms with Crippen LogP contribution >= 0.6 is 0 Å². The molecule has 0 aromatic heterocycles. The number of fused-ring (bicyclic) bond motifs is 2. The highest BCUT2D eigenvalue weighted by Crippen LogP contribution is 2.20. The molecule has 0 saturated heterocycles. The molecule has 0 radical (unpaired) electrons. The van der Waals surface area contributed by atoms with Gasteiger partial charge in [0.2, 0.25) is 0 Å². The van der Waals surface area contributed by atoms with Gasteiger partial charge in [-0.2, -0.15) is 9.59 Å². The molecule has 140 valence electrons. The number of aryl methyl sites for hydroxylation is 2. The Bertz CT molecular complexity index is 848. The Morgan fingerprint density at radius 1 is 0.741 bits per heavy atom. The van der Waals surface area contributed by atoms with Crippen molar-refractivity contribution in [3.8, 4) is 0 Å². The van der Waals surface area contributed by atoms with Gasteiger partial charge in [-0.1, -0.05) is 42.5 Å². The lowest BCUT2D eigenvalue weighted by molar-refractivity contribution is -0.191. The van der Waals surface area contributed by atoms with E-state index in [4.69, 9.17) is 14.7 Å². The van der Waals surface area contributed by atoms with Crippen LogP contribution in [0.3, 0.4) is 0 Å². The first-order valence-electron chi connectivity index (χ1n) is 8.88. The predicted molar refractivity (Wildman–Crippen MR) is 97.9 cm³/mol. The third kappa shape index (κ3) is 6.10. The summed E-state index contributed by atoms with van der Waals surface area (Å²) in [4.78, 5) is 38.4. The van der Waals surface area contributed by atoms with Crippen LogP contribution in [0.5, 0.6) is 0 Å². The number of Topliss-reactive ketones (excluding diaryl/α,β-unsaturated/α-hetero) is 2. The molecular formula is C22H22O5. The van der Waals surface area contributed by atoms with Crippen LogP contribution in [0.2, 0.25) is 0 Å². The highest BCUT2D eigenvalue weighted by molar-refractivity contribution is 5.83. The van der Waals surface area contributed by atoms with Crippen molar-refractivity contribution in [2.45, 2.75) is 45.1 Å². The lowest BCUT2D eigenvalue weighted by Crippen LogP contribution is -2.13. The van der Waals surface area contributed by atoms with Crippen molar-refractivity contribution in [2.24, 2.45) is 0 Å². The Hall–Kier alpha value is -2.88. The van der Waals surface area contributed by atoms with Crippen LogP contribution in [-0.4, -0.2) is 22.8 Å². The van der Waals surface area contributed by atoms with Crippen LogP contribution in [0.1, 0.15) is 40.7 Å². The number of hydrogen-bond donors (Lipinski definition) is 1. The minimum Gasteiger partial charge on any atom is -0.392 e. The van der Waals surface area contributed by atoms with Crippen LogP contribution in [0.25, 0.3) is 0 Å². The monoisotopic (exact) mass is 366 g/mol. The van der Waals surface area contributed by atoms with E-state index in [-0.39, 0.29) is 12.8 Å². The molecule has 2 aromatic carbocycles. The second kappa shape index (κ2) is 10.3. The van der Waals surface area contributed by atoms with Gasteiger partial charge in [0.15, 0.2) is 0 Å². The minimum atomic E-state index is 0.0570. The molecule has 0 aliphatic heterocycles. The van der Waals surface area contributed by atoms with E-state index in [0.717, 1.165) is 30.4 Å². The first kappa shape index (κ1) is 20.4. The Kier molecular flexibility index (Phi) is 7.80. The van der Waals surface area contributed by atoms with Crippen LogP contribution < -0.4 is 0 Å². The molecule has 0 fully saturated rings. The molecule has 2 aromatic rings. The van der Waals surface area contributed by atoms with E-state index in [1.165, 1.54) is 16.7 Å². The third-order valence-electron chi connectivity index (χ3n) is 4.69. The van der Waals surface area contributed by atoms with Gasteiger partial charge in [0, 0.05) is 25.7 Å². The minimum absolute atomic E-state index is 0.0570. The fourth-order valence-corrected chi connectivity index (χ4v) is 3.31. The maximum atomic E-state index is 11.2. The molecule has 1 N–H and O–H groups in total. The zero-order valence-electron chi connectivity index (χ0n) is 15.1. The van der Waals surface area contributed by atoms with Gasteiger partial charge in [-0.15, -0.1) is 0 Å². The number of aliphatic hydroxyl groups is 1. The number of hydrogen-bond acceptors (Lipinski definition) is 5. The first-order valence-corrected chi connectivity index (χ1v) is 8.88. The molecule has 0 bridgehead atoms. The highest BCUT2D eigenvalue weighted by atomic mass is 16.3. The third-order valence-corrected chi connectivity index (χ3v) is 4.69. The number of benzene rings is 2. The van der Waals surface area contributed by atoms with Crippen LogP contribution in [-0.2, 0) is 51.5 Å². The molecule has 0 unspecified atom stereocenters. The first-order chi connectivity index (χ1) is 13.1. The summed E-state index contributed by atoms with van der Waals surface area (Å²) in [5.41, 5.74) is 5.84. The normalized spacial score (nSPS) is 14.4. The fraction of sp³-hybridized carbons (Fsp3) is 0.318. The summed E-state index contributed by atoms with van der Waals surface area (Å²) in [6.07, 6.45) is 4.65. The zero-order valence-corrected chi connectivity index (χ0v) is 15.1. The molecule has 0 spiro atoms. The summed E-state index contributed by atoms with van der Waals surface area (Å²) in [7, 11) is 0. The molecule has 2 aliphatic rings. The highest BCUT2D eigenvalue weighted by Gasteiger charge is 2.15. The van der Waals surface area contributed by atoms with Gasteiger partial charge in [0.1, 0.15) is 11.6 Å². The second-order valence-electron chi connectivity index (χ2n) is 6.54. The average molecular weight is 366 g/mol. The maximum absolute atomic E-state index is 11.2. The standard InChI is InChI=1S/C11H12O2.C10H10O.CO2/c12-7-8-1-2-9-3-4-11(13)6-10(9)5-8;11-10-6-5-8-3-1-2-4-9(8)7-10;2-1-3/h1-2,5,12H,3-4,6-7H2;1-4H,5-7H2;. The van der Waals surface area contributed by atoms with E-state index in [9.17, 15) is 9.59 Å². The van der Waals surface area contributed by atoms with E-state index in [0.29, 0.717) is 30.8 Å². The molecule has 5 heteroatoms. The van der Waals surface area contributed by atoms with Gasteiger partial charge >= 0.3 is 6.15 Å². The second-order valence-corrected chi connectivity index (χ2v) is 6.54. The van der Waals surface area contributed by atoms with Gasteiger partial charge in [0.25, 0.3) is 0 Å². The molecule has 2 aliphatic carbocycles. The Morgan fingerprint density at radius 2 is 1.26 bits per heavy atom. The van der Waals surface area contributed by atoms with Gasteiger partial charge in [-0.05, 0) is 40.7 Å². The van der Waals surface area contributed by atoms with E-state index < -0.39 is 0 Å². The smallest absolute Gasteiger partial charge is 0.373 e. The molecule has 0 atom stereocenters. The predicted octanol–water partition coefficient (Wildman–Crippen LogP) is 2.40. The van der Waals surface area contributed by atoms with E-state index >= 15 is 0 Å². The van der Waals surface area contributed by atoms with Gasteiger partial charge in [0.05, 0.1) is 6.61 Å². The largest absolute Gasteiger partial charge is 0.392 e. The number of aliphatic hydroxyl groups excluding tert-OH is 1. The van der Waals surface area contributed by atoms with Crippen LogP contribution in [0.15, 0.2) is 42.5 Å². The average Bonchev–Trinajstić information content (AvgIpc) is 2.68. The lowest BCUT2D eigenvalue weighted by Gasteiger charge is -2.15. The van der Waals surface area contributed by atoms with Crippen molar-refractivity contribution in [2.75, 3.05) is 0 Å². The number of carbonyl (C=O) groups excluding carboxylic acids is 4. The summed E-state index contributed by atoms with van der Waals surface area (Å²) >= 11 is 0. The summed E-state index contributed by atoms with van der Waals surface area (Å²) in [6.45, 7) is 0.0570. The molecule has 4 rings (SSSR count). The summed E-state index contributed by atoms with van der Waals surface area (Å²) < 4.78 is 0.